The molecule has 20 heavy (non-hydrogen) atoms. The van der Waals surface area contributed by atoms with Gasteiger partial charge in [0.15, 0.2) is 0 Å². The molecule has 0 aliphatic carbocycles. The largest absolute Gasteiger partial charge is 0.348 e. The van der Waals surface area contributed by atoms with Crippen LogP contribution in [0, 0.1) is 5.92 Å². The molecule has 1 aliphatic heterocycles. The van der Waals surface area contributed by atoms with E-state index in [1.165, 1.54) is 11.3 Å². The summed E-state index contributed by atoms with van der Waals surface area (Å²) in [6.45, 7) is 6.26. The zero-order valence-electron chi connectivity index (χ0n) is 11.8. The molecular weight excluding hydrogens is 317 g/mol. The van der Waals surface area contributed by atoms with Crippen molar-refractivity contribution < 1.29 is 4.79 Å². The van der Waals surface area contributed by atoms with Crippen molar-refractivity contribution in [2.75, 3.05) is 13.1 Å². The number of nitrogens with one attached hydrogen (secondary N) is 2. The summed E-state index contributed by atoms with van der Waals surface area (Å²) in [4.78, 5) is 17.1. The lowest BCUT2D eigenvalue weighted by Gasteiger charge is -2.29. The number of piperidine rings is 1. The molecule has 116 valence electrons. The van der Waals surface area contributed by atoms with E-state index in [4.69, 9.17) is 0 Å². The average molecular weight is 340 g/mol. The highest BCUT2D eigenvalue weighted by molar-refractivity contribution is 7.13. The topological polar surface area (TPSA) is 54.0 Å². The number of thiazole rings is 1. The van der Waals surface area contributed by atoms with Gasteiger partial charge < -0.3 is 10.6 Å². The first kappa shape index (κ1) is 19.6. The normalized spacial score (nSPS) is 21.5. The Morgan fingerprint density at radius 1 is 1.55 bits per heavy atom. The standard InChI is InChI=1S/C13H21N3OS.2ClH/c1-3-4-12-15-8-11(18-12)13(17)16-10-5-6-14-7-9(10)2;;/h8-10,14H,3-7H2,1-2H3,(H,16,17);2*1H. The maximum absolute atomic E-state index is 12.1. The van der Waals surface area contributed by atoms with Gasteiger partial charge in [0.25, 0.3) is 5.91 Å². The number of aromatic nitrogens is 1. The molecule has 2 rings (SSSR count). The second kappa shape index (κ2) is 9.55. The van der Waals surface area contributed by atoms with Crippen LogP contribution < -0.4 is 10.6 Å². The number of amides is 1. The molecule has 1 fully saturated rings. The Labute approximate surface area is 137 Å². The molecule has 0 saturated carbocycles. The molecule has 1 aromatic heterocycles. The van der Waals surface area contributed by atoms with Gasteiger partial charge >= 0.3 is 0 Å². The minimum absolute atomic E-state index is 0. The third kappa shape index (κ3) is 5.20. The summed E-state index contributed by atoms with van der Waals surface area (Å²) in [6, 6.07) is 0.287. The maximum Gasteiger partial charge on any atom is 0.263 e. The van der Waals surface area contributed by atoms with Crippen molar-refractivity contribution in [2.24, 2.45) is 5.92 Å². The quantitative estimate of drug-likeness (QED) is 0.886. The van der Waals surface area contributed by atoms with Crippen LogP contribution in [0.25, 0.3) is 0 Å². The van der Waals surface area contributed by atoms with Gasteiger partial charge in [-0.05, 0) is 38.3 Å². The average Bonchev–Trinajstić information content (AvgIpc) is 2.81. The number of hydrogen-bond acceptors (Lipinski definition) is 4. The second-order valence-corrected chi connectivity index (χ2v) is 6.03. The molecule has 0 radical (unpaired) electrons. The lowest BCUT2D eigenvalue weighted by Crippen LogP contribution is -2.48. The molecule has 7 heteroatoms. The molecule has 1 amide bonds. The number of carbonyl (C=O) groups is 1. The van der Waals surface area contributed by atoms with Crippen LogP contribution in [-0.4, -0.2) is 30.0 Å². The van der Waals surface area contributed by atoms with Crippen molar-refractivity contribution in [1.29, 1.82) is 0 Å². The SMILES string of the molecule is CCCc1ncc(C(=O)NC2CCNCC2C)s1.Cl.Cl. The number of hydrogen-bond donors (Lipinski definition) is 2. The van der Waals surface area contributed by atoms with Gasteiger partial charge in [0, 0.05) is 6.04 Å². The third-order valence-electron chi connectivity index (χ3n) is 3.34. The number of nitrogens with zero attached hydrogens (tertiary/aromatic N) is 1. The lowest BCUT2D eigenvalue weighted by atomic mass is 9.95. The van der Waals surface area contributed by atoms with Crippen molar-refractivity contribution in [3.05, 3.63) is 16.1 Å². The van der Waals surface area contributed by atoms with Crippen molar-refractivity contribution in [3.63, 3.8) is 0 Å². The van der Waals surface area contributed by atoms with Gasteiger partial charge in [-0.2, -0.15) is 0 Å². The summed E-state index contributed by atoms with van der Waals surface area (Å²) in [5, 5.41) is 7.53. The molecule has 2 atom stereocenters. The van der Waals surface area contributed by atoms with Crippen LogP contribution in [-0.2, 0) is 6.42 Å². The van der Waals surface area contributed by atoms with Gasteiger partial charge in [-0.25, -0.2) is 4.98 Å². The smallest absolute Gasteiger partial charge is 0.263 e. The summed E-state index contributed by atoms with van der Waals surface area (Å²) in [5.74, 6) is 0.527. The van der Waals surface area contributed by atoms with Crippen molar-refractivity contribution >= 4 is 42.1 Å². The van der Waals surface area contributed by atoms with Crippen LogP contribution in [0.1, 0.15) is 41.4 Å². The summed E-state index contributed by atoms with van der Waals surface area (Å²) in [7, 11) is 0. The maximum atomic E-state index is 12.1. The monoisotopic (exact) mass is 339 g/mol. The van der Waals surface area contributed by atoms with Gasteiger partial charge in [-0.3, -0.25) is 4.79 Å². The van der Waals surface area contributed by atoms with Crippen molar-refractivity contribution in [2.45, 2.75) is 39.2 Å². The minimum Gasteiger partial charge on any atom is -0.348 e. The van der Waals surface area contributed by atoms with Gasteiger partial charge in [0.2, 0.25) is 0 Å². The van der Waals surface area contributed by atoms with E-state index in [1.54, 1.807) is 6.20 Å². The summed E-state index contributed by atoms with van der Waals surface area (Å²) < 4.78 is 0. The summed E-state index contributed by atoms with van der Waals surface area (Å²) in [5.41, 5.74) is 0. The van der Waals surface area contributed by atoms with Crippen LogP contribution in [0.15, 0.2) is 6.20 Å². The molecule has 0 spiro atoms. The molecule has 1 saturated heterocycles. The molecular formula is C13H23Cl2N3OS. The Morgan fingerprint density at radius 3 is 2.95 bits per heavy atom. The Kier molecular flexibility index (Phi) is 9.38. The second-order valence-electron chi connectivity index (χ2n) is 4.92. The van der Waals surface area contributed by atoms with Crippen molar-refractivity contribution in [1.82, 2.24) is 15.6 Å². The van der Waals surface area contributed by atoms with Crippen molar-refractivity contribution in [3.8, 4) is 0 Å². The first-order valence-electron chi connectivity index (χ1n) is 6.67. The number of rotatable bonds is 4. The van der Waals surface area contributed by atoms with E-state index in [0.717, 1.165) is 42.2 Å². The fourth-order valence-corrected chi connectivity index (χ4v) is 3.14. The van der Waals surface area contributed by atoms with Crippen LogP contribution >= 0.6 is 36.2 Å². The van der Waals surface area contributed by atoms with Gasteiger partial charge in [-0.1, -0.05) is 13.8 Å². The van der Waals surface area contributed by atoms with E-state index in [9.17, 15) is 4.79 Å². The van der Waals surface area contributed by atoms with E-state index in [1.807, 2.05) is 0 Å². The van der Waals surface area contributed by atoms with Crippen LogP contribution in [0.3, 0.4) is 0 Å². The molecule has 2 heterocycles. The minimum atomic E-state index is 0. The molecule has 2 unspecified atom stereocenters. The van der Waals surface area contributed by atoms with Crippen LogP contribution in [0.2, 0.25) is 0 Å². The molecule has 0 aromatic carbocycles. The molecule has 0 bridgehead atoms. The van der Waals surface area contributed by atoms with Crippen LogP contribution in [0.4, 0.5) is 0 Å². The highest BCUT2D eigenvalue weighted by atomic mass is 35.5. The zero-order chi connectivity index (χ0) is 13.0. The summed E-state index contributed by atoms with van der Waals surface area (Å²) >= 11 is 1.52. The van der Waals surface area contributed by atoms with Crippen LogP contribution in [0.5, 0.6) is 0 Å². The molecule has 4 nitrogen and oxygen atoms in total. The fraction of sp³-hybridized carbons (Fsp3) is 0.692. The number of carbonyl (C=O) groups excluding carboxylic acids is 1. The summed E-state index contributed by atoms with van der Waals surface area (Å²) in [6.07, 6.45) is 4.74. The molecule has 1 aromatic rings. The number of halogens is 2. The predicted octanol–water partition coefficient (Wildman–Crippen LogP) is 2.67. The van der Waals surface area contributed by atoms with E-state index in [-0.39, 0.29) is 36.8 Å². The van der Waals surface area contributed by atoms with Gasteiger partial charge in [0.1, 0.15) is 4.88 Å². The highest BCUT2D eigenvalue weighted by Gasteiger charge is 2.23. The first-order valence-corrected chi connectivity index (χ1v) is 7.48. The van der Waals surface area contributed by atoms with E-state index < -0.39 is 0 Å². The molecule has 2 N–H and O–H groups in total. The third-order valence-corrected chi connectivity index (χ3v) is 4.40. The number of aryl methyl sites for hydroxylation is 1. The van der Waals surface area contributed by atoms with E-state index in [2.05, 4.69) is 29.5 Å². The van der Waals surface area contributed by atoms with E-state index in [0.29, 0.717) is 5.92 Å². The zero-order valence-corrected chi connectivity index (χ0v) is 14.3. The Morgan fingerprint density at radius 2 is 2.30 bits per heavy atom. The highest BCUT2D eigenvalue weighted by Crippen LogP contribution is 2.16. The lowest BCUT2D eigenvalue weighted by molar-refractivity contribution is 0.0918. The predicted molar refractivity (Wildman–Crippen MR) is 88.5 cm³/mol. The van der Waals surface area contributed by atoms with Gasteiger partial charge in [-0.15, -0.1) is 36.2 Å². The fourth-order valence-electron chi connectivity index (χ4n) is 2.21. The first-order chi connectivity index (χ1) is 8.70. The van der Waals surface area contributed by atoms with Gasteiger partial charge in [0.05, 0.1) is 11.2 Å². The Hall–Kier alpha value is -0.360. The van der Waals surface area contributed by atoms with E-state index >= 15 is 0 Å². The Balaban J connectivity index is 0.00000180. The molecule has 1 aliphatic rings. The Bertz CT molecular complexity index is 414.